The van der Waals surface area contributed by atoms with E-state index in [1.807, 2.05) is 6.08 Å². The summed E-state index contributed by atoms with van der Waals surface area (Å²) in [5.74, 6) is 1.84. The lowest BCUT2D eigenvalue weighted by Gasteiger charge is -2.33. The zero-order chi connectivity index (χ0) is 42.8. The molecule has 0 spiro atoms. The zero-order valence-corrected chi connectivity index (χ0v) is 35.9. The average Bonchev–Trinajstić information content (AvgIpc) is 4.01. The molecule has 302 valence electrons. The van der Waals surface area contributed by atoms with E-state index < -0.39 is 5.41 Å². The molecular weight excluding hydrogens is 797 g/mol. The predicted molar refractivity (Wildman–Crippen MR) is 268 cm³/mol. The SMILES string of the molecule is C=Cc1sc2c(-c3nc(-c4ccccc4-n4c5ccccc5c5ccccc54)nc(-c4cccc5c4-c4ccccc4C5(c4ccccc4)c4ccccc4)n3)cccc2c1/C=C\C. The third kappa shape index (κ3) is 5.57. The lowest BCUT2D eigenvalue weighted by molar-refractivity contribution is 0.768. The molecule has 12 rings (SSSR count). The van der Waals surface area contributed by atoms with Gasteiger partial charge in [-0.3, -0.25) is 0 Å². The molecule has 0 saturated heterocycles. The van der Waals surface area contributed by atoms with Gasteiger partial charge in [-0.1, -0.05) is 189 Å². The minimum atomic E-state index is -0.570. The van der Waals surface area contributed by atoms with Gasteiger partial charge in [0.15, 0.2) is 17.5 Å². The van der Waals surface area contributed by atoms with Gasteiger partial charge in [0, 0.05) is 42.4 Å². The molecule has 0 saturated carbocycles. The van der Waals surface area contributed by atoms with Crippen molar-refractivity contribution in [3.05, 3.63) is 239 Å². The van der Waals surface area contributed by atoms with Crippen molar-refractivity contribution in [2.75, 3.05) is 0 Å². The lowest BCUT2D eigenvalue weighted by atomic mass is 9.67. The number of hydrogen-bond acceptors (Lipinski definition) is 4. The van der Waals surface area contributed by atoms with Crippen molar-refractivity contribution < 1.29 is 0 Å². The minimum absolute atomic E-state index is 0.570. The van der Waals surface area contributed by atoms with Crippen molar-refractivity contribution in [1.29, 1.82) is 0 Å². The van der Waals surface area contributed by atoms with Gasteiger partial charge < -0.3 is 4.57 Å². The van der Waals surface area contributed by atoms with Gasteiger partial charge in [-0.05, 0) is 76.2 Å². The van der Waals surface area contributed by atoms with Gasteiger partial charge >= 0.3 is 0 Å². The van der Waals surface area contributed by atoms with E-state index in [4.69, 9.17) is 15.0 Å². The van der Waals surface area contributed by atoms with E-state index in [2.05, 4.69) is 224 Å². The van der Waals surface area contributed by atoms with Crippen LogP contribution in [0.15, 0.2) is 207 Å². The Balaban J connectivity index is 1.17. The number of thiophene rings is 1. The largest absolute Gasteiger partial charge is 0.309 e. The van der Waals surface area contributed by atoms with Crippen molar-refractivity contribution >= 4 is 55.4 Å². The summed E-state index contributed by atoms with van der Waals surface area (Å²) in [6.45, 7) is 6.25. The van der Waals surface area contributed by atoms with E-state index in [1.165, 1.54) is 38.6 Å². The molecule has 1 aliphatic rings. The maximum atomic E-state index is 5.56. The second-order valence-electron chi connectivity index (χ2n) is 16.2. The lowest BCUT2D eigenvalue weighted by Crippen LogP contribution is -2.28. The summed E-state index contributed by atoms with van der Waals surface area (Å²) < 4.78 is 3.47. The van der Waals surface area contributed by atoms with Crippen LogP contribution in [0.2, 0.25) is 0 Å². The first-order valence-electron chi connectivity index (χ1n) is 21.7. The molecule has 3 heterocycles. The number of benzene rings is 8. The van der Waals surface area contributed by atoms with Crippen LogP contribution in [-0.2, 0) is 5.41 Å². The third-order valence-electron chi connectivity index (χ3n) is 12.9. The summed E-state index contributed by atoms with van der Waals surface area (Å²) in [7, 11) is 0. The Morgan fingerprint density at radius 2 is 0.984 bits per heavy atom. The monoisotopic (exact) mass is 836 g/mol. The molecule has 0 aliphatic heterocycles. The summed E-state index contributed by atoms with van der Waals surface area (Å²) in [5.41, 5.74) is 13.8. The Bertz CT molecular complexity index is 3560. The van der Waals surface area contributed by atoms with Crippen LogP contribution >= 0.6 is 11.3 Å². The van der Waals surface area contributed by atoms with Crippen LogP contribution < -0.4 is 0 Å². The number of aromatic nitrogens is 4. The van der Waals surface area contributed by atoms with Crippen molar-refractivity contribution in [1.82, 2.24) is 19.5 Å². The summed E-state index contributed by atoms with van der Waals surface area (Å²) in [4.78, 5) is 17.7. The fraction of sp³-hybridized carbons (Fsp3) is 0.0339. The molecule has 8 aromatic carbocycles. The van der Waals surface area contributed by atoms with E-state index in [1.54, 1.807) is 11.3 Å². The van der Waals surface area contributed by atoms with E-state index in [0.717, 1.165) is 59.5 Å². The first-order chi connectivity index (χ1) is 31.7. The summed E-state index contributed by atoms with van der Waals surface area (Å²) in [6.07, 6.45) is 6.21. The smallest absolute Gasteiger partial charge is 0.166 e. The van der Waals surface area contributed by atoms with Crippen LogP contribution in [0.3, 0.4) is 0 Å². The van der Waals surface area contributed by atoms with Crippen LogP contribution in [0.4, 0.5) is 0 Å². The second-order valence-corrected chi connectivity index (χ2v) is 17.3. The summed E-state index contributed by atoms with van der Waals surface area (Å²) >= 11 is 1.72. The predicted octanol–water partition coefficient (Wildman–Crippen LogP) is 15.2. The van der Waals surface area contributed by atoms with Crippen LogP contribution in [0.1, 0.15) is 39.6 Å². The normalized spacial score (nSPS) is 12.9. The molecule has 11 aromatic rings. The maximum Gasteiger partial charge on any atom is 0.166 e. The first kappa shape index (κ1) is 37.7. The second kappa shape index (κ2) is 15.1. The molecule has 4 nitrogen and oxygen atoms in total. The van der Waals surface area contributed by atoms with Gasteiger partial charge in [0.1, 0.15) is 0 Å². The molecule has 0 radical (unpaired) electrons. The number of para-hydroxylation sites is 3. The molecule has 0 N–H and O–H groups in total. The molecule has 3 aromatic heterocycles. The molecule has 0 bridgehead atoms. The van der Waals surface area contributed by atoms with Crippen LogP contribution in [0.5, 0.6) is 0 Å². The molecule has 64 heavy (non-hydrogen) atoms. The van der Waals surface area contributed by atoms with E-state index in [0.29, 0.717) is 17.5 Å². The van der Waals surface area contributed by atoms with Crippen molar-refractivity contribution in [3.63, 3.8) is 0 Å². The van der Waals surface area contributed by atoms with Crippen molar-refractivity contribution in [2.45, 2.75) is 12.3 Å². The van der Waals surface area contributed by atoms with Gasteiger partial charge in [0.2, 0.25) is 0 Å². The summed E-state index contributed by atoms with van der Waals surface area (Å²) in [6, 6.07) is 69.6. The van der Waals surface area contributed by atoms with E-state index in [9.17, 15) is 0 Å². The highest BCUT2D eigenvalue weighted by Gasteiger charge is 2.47. The Kier molecular flexibility index (Phi) is 8.92. The van der Waals surface area contributed by atoms with Gasteiger partial charge in [0.25, 0.3) is 0 Å². The summed E-state index contributed by atoms with van der Waals surface area (Å²) in [5, 5.41) is 3.54. The highest BCUT2D eigenvalue weighted by atomic mass is 32.1. The molecule has 0 atom stereocenters. The highest BCUT2D eigenvalue weighted by molar-refractivity contribution is 7.20. The Hall–Kier alpha value is -7.99. The molecule has 0 unspecified atom stereocenters. The van der Waals surface area contributed by atoms with Crippen molar-refractivity contribution in [3.8, 4) is 51.0 Å². The molecular formula is C59H40N4S. The molecule has 1 aliphatic carbocycles. The fourth-order valence-corrected chi connectivity index (χ4v) is 11.4. The fourth-order valence-electron chi connectivity index (χ4n) is 10.3. The molecule has 5 heteroatoms. The number of nitrogens with zero attached hydrogens (tertiary/aromatic N) is 4. The van der Waals surface area contributed by atoms with E-state index >= 15 is 0 Å². The Labute approximate surface area is 375 Å². The standard InChI is InChI=1S/C59H40N4S/c1-3-21-42-43-30-19-32-47(55(43)64-53(42)4-2)58-61-56(45-29-14-18-37-52(45)63-50-35-16-12-26-40(50)41-27-13-17-36-51(41)63)60-57(62-58)46-31-20-34-49-54(46)44-28-11-15-33-48(44)59(49,38-22-7-5-8-23-38)39-24-9-6-10-25-39/h3-37H,2H2,1H3/b21-3-. The topological polar surface area (TPSA) is 43.6 Å². The molecule has 0 amide bonds. The van der Waals surface area contributed by atoms with Crippen molar-refractivity contribution in [2.24, 2.45) is 0 Å². The number of rotatable bonds is 8. The molecule has 0 fully saturated rings. The van der Waals surface area contributed by atoms with Gasteiger partial charge in [0.05, 0.1) is 22.1 Å². The minimum Gasteiger partial charge on any atom is -0.309 e. The van der Waals surface area contributed by atoms with Gasteiger partial charge in [-0.2, -0.15) is 0 Å². The quantitative estimate of drug-likeness (QED) is 0.153. The van der Waals surface area contributed by atoms with Gasteiger partial charge in [-0.15, -0.1) is 11.3 Å². The maximum absolute atomic E-state index is 5.56. The van der Waals surface area contributed by atoms with Crippen LogP contribution in [-0.4, -0.2) is 19.5 Å². The Morgan fingerprint density at radius 3 is 1.66 bits per heavy atom. The zero-order valence-electron chi connectivity index (χ0n) is 35.1. The number of fused-ring (bicyclic) bond motifs is 7. The number of hydrogen-bond donors (Lipinski definition) is 0. The third-order valence-corrected chi connectivity index (χ3v) is 14.1. The van der Waals surface area contributed by atoms with Crippen LogP contribution in [0, 0.1) is 0 Å². The Morgan fingerprint density at radius 1 is 0.484 bits per heavy atom. The average molecular weight is 837 g/mol. The van der Waals surface area contributed by atoms with Crippen LogP contribution in [0.25, 0.3) is 95.0 Å². The highest BCUT2D eigenvalue weighted by Crippen LogP contribution is 2.58. The number of allylic oxidation sites excluding steroid dienone is 1. The van der Waals surface area contributed by atoms with Gasteiger partial charge in [-0.25, -0.2) is 15.0 Å². The first-order valence-corrected chi connectivity index (χ1v) is 22.5. The van der Waals surface area contributed by atoms with E-state index in [-0.39, 0.29) is 0 Å².